The van der Waals surface area contributed by atoms with Gasteiger partial charge in [0.2, 0.25) is 0 Å². The Labute approximate surface area is 165 Å². The van der Waals surface area contributed by atoms with Crippen LogP contribution in [0.3, 0.4) is 0 Å². The van der Waals surface area contributed by atoms with Crippen molar-refractivity contribution in [1.82, 2.24) is 4.90 Å². The maximum atomic E-state index is 13.1. The van der Waals surface area contributed by atoms with Gasteiger partial charge in [0, 0.05) is 12.6 Å². The quantitative estimate of drug-likeness (QED) is 0.586. The van der Waals surface area contributed by atoms with Gasteiger partial charge >= 0.3 is 7.12 Å². The fraction of sp³-hybridized carbons (Fsp3) is 0.650. The van der Waals surface area contributed by atoms with E-state index in [1.165, 1.54) is 12.8 Å². The molecule has 1 saturated heterocycles. The Morgan fingerprint density at radius 2 is 1.81 bits per heavy atom. The van der Waals surface area contributed by atoms with E-state index in [0.717, 1.165) is 11.0 Å². The van der Waals surface area contributed by atoms with Crippen LogP contribution in [-0.4, -0.2) is 46.0 Å². The highest BCUT2D eigenvalue weighted by Gasteiger charge is 2.52. The number of amides is 1. The molecule has 1 aromatic rings. The summed E-state index contributed by atoms with van der Waals surface area (Å²) in [4.78, 5) is 15.6. The average Bonchev–Trinajstić information content (AvgIpc) is 3.32. The van der Waals surface area contributed by atoms with E-state index in [4.69, 9.17) is 9.31 Å². The normalized spacial score (nSPS) is 25.7. The molecule has 7 heteroatoms. The molecule has 2 atom stereocenters. The van der Waals surface area contributed by atoms with E-state index in [1.807, 2.05) is 44.7 Å². The Morgan fingerprint density at radius 3 is 2.33 bits per heavy atom. The summed E-state index contributed by atoms with van der Waals surface area (Å²) in [6.07, 6.45) is 4.00. The van der Waals surface area contributed by atoms with E-state index in [2.05, 4.69) is 6.92 Å². The highest BCUT2D eigenvalue weighted by atomic mass is 32.2. The molecule has 2 heterocycles. The second-order valence-corrected chi connectivity index (χ2v) is 10.5. The lowest BCUT2D eigenvalue weighted by Gasteiger charge is -2.32. The summed E-state index contributed by atoms with van der Waals surface area (Å²) in [7, 11) is -0.521. The summed E-state index contributed by atoms with van der Waals surface area (Å²) in [6, 6.07) is 4.06. The SMILES string of the molecule is C[C@@H](C1CC1)N1Cc2cc(B3OC(C)(C)C(C)(C)O3)cc([S@+](C)[O-])c2C1=O. The van der Waals surface area contributed by atoms with Crippen molar-refractivity contribution < 1.29 is 18.7 Å². The lowest BCUT2D eigenvalue weighted by Crippen LogP contribution is -2.41. The van der Waals surface area contributed by atoms with E-state index < -0.39 is 29.5 Å². The van der Waals surface area contributed by atoms with Crippen molar-refractivity contribution in [3.05, 3.63) is 23.3 Å². The number of carbonyl (C=O) groups excluding carboxylic acids is 1. The van der Waals surface area contributed by atoms with Crippen molar-refractivity contribution in [2.75, 3.05) is 6.26 Å². The minimum Gasteiger partial charge on any atom is -0.612 e. The molecule has 146 valence electrons. The third-order valence-corrected chi connectivity index (χ3v) is 7.59. The maximum absolute atomic E-state index is 13.1. The predicted molar refractivity (Wildman–Crippen MR) is 107 cm³/mol. The summed E-state index contributed by atoms with van der Waals surface area (Å²) >= 11 is -1.26. The molecule has 0 unspecified atom stereocenters. The van der Waals surface area contributed by atoms with E-state index in [1.54, 1.807) is 6.26 Å². The smallest absolute Gasteiger partial charge is 0.495 e. The van der Waals surface area contributed by atoms with E-state index in [0.29, 0.717) is 22.9 Å². The summed E-state index contributed by atoms with van der Waals surface area (Å²) in [6.45, 7) is 10.8. The molecule has 1 amide bonds. The Hall–Kier alpha value is -1.02. The molecular formula is C20H28BNO4S. The van der Waals surface area contributed by atoms with Crippen molar-refractivity contribution in [2.24, 2.45) is 5.92 Å². The third kappa shape index (κ3) is 3.13. The number of carbonyl (C=O) groups is 1. The molecule has 0 spiro atoms. The van der Waals surface area contributed by atoms with Crippen LogP contribution in [-0.2, 0) is 27.0 Å². The minimum atomic E-state index is -1.26. The molecule has 5 nitrogen and oxygen atoms in total. The third-order valence-electron chi connectivity index (χ3n) is 6.65. The van der Waals surface area contributed by atoms with Crippen LogP contribution in [0.5, 0.6) is 0 Å². The lowest BCUT2D eigenvalue weighted by molar-refractivity contribution is 0.00578. The van der Waals surface area contributed by atoms with Crippen molar-refractivity contribution in [3.63, 3.8) is 0 Å². The topological polar surface area (TPSA) is 61.8 Å². The largest absolute Gasteiger partial charge is 0.612 e. The van der Waals surface area contributed by atoms with Crippen LogP contribution >= 0.6 is 0 Å². The molecule has 1 aromatic carbocycles. The Balaban J connectivity index is 1.71. The number of benzene rings is 1. The Kier molecular flexibility index (Phi) is 4.46. The molecule has 2 aliphatic heterocycles. The number of nitrogens with zero attached hydrogens (tertiary/aromatic N) is 1. The van der Waals surface area contributed by atoms with E-state index in [9.17, 15) is 9.35 Å². The molecule has 0 aromatic heterocycles. The average molecular weight is 389 g/mol. The molecule has 1 aliphatic carbocycles. The lowest BCUT2D eigenvalue weighted by atomic mass is 9.78. The van der Waals surface area contributed by atoms with Gasteiger partial charge in [0.1, 0.15) is 6.26 Å². The van der Waals surface area contributed by atoms with Gasteiger partial charge in [-0.2, -0.15) is 0 Å². The summed E-state index contributed by atoms with van der Waals surface area (Å²) in [5, 5.41) is 0. The first-order chi connectivity index (χ1) is 12.5. The molecule has 0 bridgehead atoms. The second-order valence-electron chi connectivity index (χ2n) is 9.11. The van der Waals surface area contributed by atoms with Crippen LogP contribution in [0.2, 0.25) is 0 Å². The van der Waals surface area contributed by atoms with Crippen molar-refractivity contribution >= 4 is 29.7 Å². The second kappa shape index (κ2) is 6.24. The van der Waals surface area contributed by atoms with Gasteiger partial charge in [0.15, 0.2) is 4.90 Å². The maximum Gasteiger partial charge on any atom is 0.495 e. The van der Waals surface area contributed by atoms with Gasteiger partial charge in [-0.3, -0.25) is 4.79 Å². The van der Waals surface area contributed by atoms with Crippen LogP contribution in [0.1, 0.15) is 63.4 Å². The number of hydrogen-bond acceptors (Lipinski definition) is 4. The minimum absolute atomic E-state index is 0.00932. The molecule has 0 radical (unpaired) electrons. The number of fused-ring (bicyclic) bond motifs is 1. The number of hydrogen-bond donors (Lipinski definition) is 0. The highest BCUT2D eigenvalue weighted by Crippen LogP contribution is 2.40. The first-order valence-corrected chi connectivity index (χ1v) is 11.2. The standard InChI is InChI=1S/C20H28BNO4S/c1-12(13-7-8-13)22-11-14-9-15(10-16(27(6)24)17(14)18(22)23)21-25-19(2,3)20(4,5)26-21/h9-10,12-13H,7-8,11H2,1-6H3/t12-,27-/m0/s1. The zero-order chi connectivity index (χ0) is 19.7. The van der Waals surface area contributed by atoms with Crippen LogP contribution in [0.4, 0.5) is 0 Å². The van der Waals surface area contributed by atoms with Gasteiger partial charge < -0.3 is 18.8 Å². The van der Waals surface area contributed by atoms with Crippen molar-refractivity contribution in [1.29, 1.82) is 0 Å². The van der Waals surface area contributed by atoms with Crippen LogP contribution in [0, 0.1) is 5.92 Å². The van der Waals surface area contributed by atoms with Gasteiger partial charge in [-0.1, -0.05) is 6.07 Å². The van der Waals surface area contributed by atoms with Gasteiger partial charge in [-0.25, -0.2) is 0 Å². The molecule has 2 fully saturated rings. The molecule has 4 rings (SSSR count). The zero-order valence-corrected chi connectivity index (χ0v) is 17.8. The van der Waals surface area contributed by atoms with E-state index in [-0.39, 0.29) is 11.9 Å². The highest BCUT2D eigenvalue weighted by molar-refractivity contribution is 7.90. The Bertz CT molecular complexity index is 774. The first kappa shape index (κ1) is 19.3. The van der Waals surface area contributed by atoms with Gasteiger partial charge in [-0.15, -0.1) is 0 Å². The summed E-state index contributed by atoms with van der Waals surface area (Å²) in [5.74, 6) is 0.608. The molecule has 27 heavy (non-hydrogen) atoms. The van der Waals surface area contributed by atoms with Crippen LogP contribution < -0.4 is 5.46 Å². The fourth-order valence-electron chi connectivity index (χ4n) is 3.97. The predicted octanol–water partition coefficient (Wildman–Crippen LogP) is 2.48. The molecule has 3 aliphatic rings. The summed E-state index contributed by atoms with van der Waals surface area (Å²) < 4.78 is 24.8. The van der Waals surface area contributed by atoms with Crippen LogP contribution in [0.15, 0.2) is 17.0 Å². The molecule has 0 N–H and O–H groups in total. The molecule has 1 saturated carbocycles. The fourth-order valence-corrected chi connectivity index (χ4v) is 4.78. The summed E-state index contributed by atoms with van der Waals surface area (Å²) in [5.41, 5.74) is 1.51. The molecular weight excluding hydrogens is 361 g/mol. The van der Waals surface area contributed by atoms with E-state index >= 15 is 0 Å². The van der Waals surface area contributed by atoms with Crippen molar-refractivity contribution in [2.45, 2.75) is 76.1 Å². The Morgan fingerprint density at radius 1 is 1.22 bits per heavy atom. The monoisotopic (exact) mass is 389 g/mol. The van der Waals surface area contributed by atoms with Gasteiger partial charge in [0.05, 0.1) is 16.8 Å². The van der Waals surface area contributed by atoms with Crippen molar-refractivity contribution in [3.8, 4) is 0 Å². The number of rotatable bonds is 4. The van der Waals surface area contributed by atoms with Crippen LogP contribution in [0.25, 0.3) is 0 Å². The first-order valence-electron chi connectivity index (χ1n) is 9.68. The van der Waals surface area contributed by atoms with Gasteiger partial charge in [-0.05, 0) is 81.6 Å². The van der Waals surface area contributed by atoms with Gasteiger partial charge in [0.25, 0.3) is 5.91 Å². The zero-order valence-electron chi connectivity index (χ0n) is 17.0.